The third-order valence-corrected chi connectivity index (χ3v) is 2.19. The summed E-state index contributed by atoms with van der Waals surface area (Å²) in [5.74, 6) is 0. The number of H-pyrrole nitrogens is 1. The van der Waals surface area contributed by atoms with Gasteiger partial charge in [0.2, 0.25) is 0 Å². The molecule has 0 fully saturated rings. The van der Waals surface area contributed by atoms with Gasteiger partial charge in [0, 0.05) is 24.1 Å². The van der Waals surface area contributed by atoms with E-state index in [4.69, 9.17) is 5.11 Å². The number of benzene rings is 1. The zero-order chi connectivity index (χ0) is 9.26. The molecule has 68 valence electrons. The normalized spacial score (nSPS) is 10.6. The zero-order valence-electron chi connectivity index (χ0n) is 7.49. The van der Waals surface area contributed by atoms with Crippen LogP contribution in [0.2, 0.25) is 0 Å². The molecule has 1 aromatic heterocycles. The highest BCUT2D eigenvalue weighted by Gasteiger charge is 2.05. The fraction of sp³-hybridized carbons (Fsp3) is 0.200. The topological polar surface area (TPSA) is 39.3 Å². The molecule has 2 N–H and O–H groups in total. The Morgan fingerprint density at radius 3 is 2.92 bits per heavy atom. The molecule has 0 aliphatic carbocycles. The fourth-order valence-electron chi connectivity index (χ4n) is 1.45. The van der Waals surface area contributed by atoms with E-state index >= 15 is 0 Å². The molecule has 2 rings (SSSR count). The fourth-order valence-corrected chi connectivity index (χ4v) is 1.45. The number of anilines is 1. The van der Waals surface area contributed by atoms with E-state index in [9.17, 15) is 0 Å². The predicted molar refractivity (Wildman–Crippen MR) is 53.8 cm³/mol. The minimum Gasteiger partial charge on any atom is -0.376 e. The van der Waals surface area contributed by atoms with Crippen LogP contribution in [0.5, 0.6) is 0 Å². The number of nitrogens with zero attached hydrogens (tertiary/aromatic N) is 1. The van der Waals surface area contributed by atoms with Crippen LogP contribution in [0.3, 0.4) is 0 Å². The average Bonchev–Trinajstić information content (AvgIpc) is 2.60. The van der Waals surface area contributed by atoms with Crippen molar-refractivity contribution >= 4 is 16.6 Å². The number of hydrogen-bond acceptors (Lipinski definition) is 2. The molecule has 3 heteroatoms. The van der Waals surface area contributed by atoms with Crippen LogP contribution < -0.4 is 4.90 Å². The highest BCUT2D eigenvalue weighted by atomic mass is 16.3. The minimum atomic E-state index is 0.0296. The van der Waals surface area contributed by atoms with Crippen molar-refractivity contribution < 1.29 is 5.11 Å². The quantitative estimate of drug-likeness (QED) is 0.681. The summed E-state index contributed by atoms with van der Waals surface area (Å²) >= 11 is 0. The monoisotopic (exact) mass is 176 g/mol. The lowest BCUT2D eigenvalue weighted by molar-refractivity contribution is 0.299. The van der Waals surface area contributed by atoms with Gasteiger partial charge in [-0.1, -0.05) is 18.2 Å². The smallest absolute Gasteiger partial charge is 0.115 e. The van der Waals surface area contributed by atoms with Crippen LogP contribution in [-0.2, 0) is 0 Å². The molecule has 1 heterocycles. The van der Waals surface area contributed by atoms with E-state index in [0.29, 0.717) is 0 Å². The number of aromatic amines is 1. The van der Waals surface area contributed by atoms with Crippen molar-refractivity contribution in [3.05, 3.63) is 30.5 Å². The first-order valence-corrected chi connectivity index (χ1v) is 4.21. The summed E-state index contributed by atoms with van der Waals surface area (Å²) in [5.41, 5.74) is 2.12. The second-order valence-corrected chi connectivity index (χ2v) is 3.06. The van der Waals surface area contributed by atoms with Gasteiger partial charge in [-0.25, -0.2) is 0 Å². The van der Waals surface area contributed by atoms with Gasteiger partial charge in [0.1, 0.15) is 6.73 Å². The molecule has 13 heavy (non-hydrogen) atoms. The molecule has 0 radical (unpaired) electrons. The van der Waals surface area contributed by atoms with E-state index in [2.05, 4.69) is 4.98 Å². The summed E-state index contributed by atoms with van der Waals surface area (Å²) in [6.45, 7) is 0.0296. The molecular formula is C10H12N2O. The SMILES string of the molecule is CN(CO)c1c[nH]c2ccccc12. The number of rotatable bonds is 2. The van der Waals surface area contributed by atoms with Gasteiger partial charge in [0.15, 0.2) is 0 Å². The van der Waals surface area contributed by atoms with Crippen LogP contribution in [0.15, 0.2) is 30.5 Å². The van der Waals surface area contributed by atoms with Gasteiger partial charge in [-0.05, 0) is 6.07 Å². The van der Waals surface area contributed by atoms with Crippen molar-refractivity contribution in [1.29, 1.82) is 0 Å². The van der Waals surface area contributed by atoms with E-state index in [-0.39, 0.29) is 6.73 Å². The maximum absolute atomic E-state index is 8.98. The van der Waals surface area contributed by atoms with Crippen molar-refractivity contribution in [1.82, 2.24) is 4.98 Å². The average molecular weight is 176 g/mol. The van der Waals surface area contributed by atoms with Gasteiger partial charge in [0.25, 0.3) is 0 Å². The third kappa shape index (κ3) is 1.27. The van der Waals surface area contributed by atoms with Gasteiger partial charge in [-0.2, -0.15) is 0 Å². The molecule has 1 aromatic carbocycles. The van der Waals surface area contributed by atoms with Crippen LogP contribution in [0.1, 0.15) is 0 Å². The van der Waals surface area contributed by atoms with Gasteiger partial charge in [0.05, 0.1) is 5.69 Å². The molecule has 0 saturated carbocycles. The summed E-state index contributed by atoms with van der Waals surface area (Å²) in [7, 11) is 1.86. The molecular weight excluding hydrogens is 164 g/mol. The molecule has 0 aliphatic heterocycles. The van der Waals surface area contributed by atoms with Crippen molar-refractivity contribution in [3.63, 3.8) is 0 Å². The molecule has 0 amide bonds. The van der Waals surface area contributed by atoms with Crippen molar-refractivity contribution in [2.45, 2.75) is 0 Å². The molecule has 0 spiro atoms. The molecule has 0 aliphatic rings. The van der Waals surface area contributed by atoms with Crippen molar-refractivity contribution in [3.8, 4) is 0 Å². The van der Waals surface area contributed by atoms with Crippen molar-refractivity contribution in [2.24, 2.45) is 0 Å². The number of para-hydroxylation sites is 1. The first kappa shape index (κ1) is 8.13. The van der Waals surface area contributed by atoms with Crippen LogP contribution >= 0.6 is 0 Å². The summed E-state index contributed by atoms with van der Waals surface area (Å²) in [4.78, 5) is 4.94. The van der Waals surface area contributed by atoms with E-state index in [1.54, 1.807) is 4.90 Å². The van der Waals surface area contributed by atoms with Gasteiger partial charge in [-0.3, -0.25) is 0 Å². The number of nitrogens with one attached hydrogen (secondary N) is 1. The molecule has 0 unspecified atom stereocenters. The standard InChI is InChI=1S/C10H12N2O/c1-12(7-13)10-6-11-9-5-3-2-4-8(9)10/h2-6,11,13H,7H2,1H3. The maximum atomic E-state index is 8.98. The lowest BCUT2D eigenvalue weighted by Crippen LogP contribution is -2.17. The Bertz CT molecular complexity index is 408. The highest BCUT2D eigenvalue weighted by molar-refractivity contribution is 5.92. The van der Waals surface area contributed by atoms with Gasteiger partial charge < -0.3 is 15.0 Å². The Kier molecular flexibility index (Phi) is 1.94. The van der Waals surface area contributed by atoms with Gasteiger partial charge in [-0.15, -0.1) is 0 Å². The van der Waals surface area contributed by atoms with Crippen LogP contribution in [-0.4, -0.2) is 23.9 Å². The largest absolute Gasteiger partial charge is 0.376 e. The van der Waals surface area contributed by atoms with Crippen LogP contribution in [0, 0.1) is 0 Å². The second kappa shape index (κ2) is 3.11. The maximum Gasteiger partial charge on any atom is 0.115 e. The zero-order valence-corrected chi connectivity index (χ0v) is 7.49. The number of aromatic nitrogens is 1. The summed E-state index contributed by atoms with van der Waals surface area (Å²) in [6.07, 6.45) is 1.90. The van der Waals surface area contributed by atoms with Crippen LogP contribution in [0.4, 0.5) is 5.69 Å². The third-order valence-electron chi connectivity index (χ3n) is 2.19. The first-order chi connectivity index (χ1) is 6.33. The van der Waals surface area contributed by atoms with Crippen LogP contribution in [0.25, 0.3) is 10.9 Å². The summed E-state index contributed by atoms with van der Waals surface area (Å²) in [6, 6.07) is 8.03. The molecule has 0 saturated heterocycles. The minimum absolute atomic E-state index is 0.0296. The Labute approximate surface area is 76.6 Å². The number of fused-ring (bicyclic) bond motifs is 1. The second-order valence-electron chi connectivity index (χ2n) is 3.06. The Morgan fingerprint density at radius 2 is 2.15 bits per heavy atom. The highest BCUT2D eigenvalue weighted by Crippen LogP contribution is 2.24. The Balaban J connectivity index is 2.57. The van der Waals surface area contributed by atoms with Gasteiger partial charge >= 0.3 is 0 Å². The van der Waals surface area contributed by atoms with E-state index < -0.39 is 0 Å². The molecule has 0 bridgehead atoms. The van der Waals surface area contributed by atoms with Crippen molar-refractivity contribution in [2.75, 3.05) is 18.7 Å². The lowest BCUT2D eigenvalue weighted by atomic mass is 10.2. The summed E-state index contributed by atoms with van der Waals surface area (Å²) < 4.78 is 0. The van der Waals surface area contributed by atoms with E-state index in [1.165, 1.54) is 0 Å². The first-order valence-electron chi connectivity index (χ1n) is 4.21. The molecule has 2 aromatic rings. The predicted octanol–water partition coefficient (Wildman–Crippen LogP) is 1.55. The Hall–Kier alpha value is -1.48. The van der Waals surface area contributed by atoms with E-state index in [1.807, 2.05) is 37.5 Å². The number of hydrogen-bond donors (Lipinski definition) is 2. The summed E-state index contributed by atoms with van der Waals surface area (Å²) in [5, 5.41) is 10.1. The lowest BCUT2D eigenvalue weighted by Gasteiger charge is -2.13. The number of aliphatic hydroxyl groups is 1. The van der Waals surface area contributed by atoms with E-state index in [0.717, 1.165) is 16.6 Å². The molecule has 3 nitrogen and oxygen atoms in total. The molecule has 0 atom stereocenters. The Morgan fingerprint density at radius 1 is 1.38 bits per heavy atom. The number of aliphatic hydroxyl groups excluding tert-OH is 1.